The molecular formula is C28H29N5O3. The van der Waals surface area contributed by atoms with Crippen LogP contribution in [0.3, 0.4) is 0 Å². The van der Waals surface area contributed by atoms with Crippen LogP contribution in [0.15, 0.2) is 72.9 Å². The Morgan fingerprint density at radius 2 is 1.86 bits per heavy atom. The molecule has 2 aromatic heterocycles. The van der Waals surface area contributed by atoms with Crippen LogP contribution in [0.4, 0.5) is 4.79 Å². The van der Waals surface area contributed by atoms with Gasteiger partial charge in [0, 0.05) is 11.8 Å². The monoisotopic (exact) mass is 483 g/mol. The first-order valence-electron chi connectivity index (χ1n) is 12.1. The quantitative estimate of drug-likeness (QED) is 0.425. The predicted octanol–water partition coefficient (Wildman–Crippen LogP) is 4.46. The van der Waals surface area contributed by atoms with Gasteiger partial charge < -0.3 is 19.5 Å². The summed E-state index contributed by atoms with van der Waals surface area (Å²) in [6.07, 6.45) is 2.01. The average Bonchev–Trinajstić information content (AvgIpc) is 3.43. The third-order valence-electron chi connectivity index (χ3n) is 6.39. The molecule has 4 aromatic rings. The van der Waals surface area contributed by atoms with Crippen LogP contribution in [0, 0.1) is 13.8 Å². The van der Waals surface area contributed by atoms with E-state index < -0.39 is 5.97 Å². The van der Waals surface area contributed by atoms with Crippen LogP contribution in [0.2, 0.25) is 0 Å². The Balaban J connectivity index is 1.66. The molecule has 0 bridgehead atoms. The molecule has 1 atom stereocenters. The van der Waals surface area contributed by atoms with Gasteiger partial charge in [0.1, 0.15) is 12.4 Å². The summed E-state index contributed by atoms with van der Waals surface area (Å²) < 4.78 is 9.06. The lowest BCUT2D eigenvalue weighted by Gasteiger charge is -2.31. The van der Waals surface area contributed by atoms with Crippen molar-refractivity contribution < 1.29 is 14.3 Å². The van der Waals surface area contributed by atoms with Crippen molar-refractivity contribution in [3.05, 3.63) is 101 Å². The molecule has 1 unspecified atom stereocenters. The van der Waals surface area contributed by atoms with E-state index in [0.717, 1.165) is 39.6 Å². The summed E-state index contributed by atoms with van der Waals surface area (Å²) in [7, 11) is 0. The minimum Gasteiger partial charge on any atom is -0.465 e. The van der Waals surface area contributed by atoms with Crippen LogP contribution in [0.25, 0.3) is 11.5 Å². The predicted molar refractivity (Wildman–Crippen MR) is 136 cm³/mol. The number of hydrogen-bond donors (Lipinski definition) is 1. The van der Waals surface area contributed by atoms with Gasteiger partial charge in [-0.1, -0.05) is 48.0 Å². The number of hydrogen-bond acceptors (Lipinski definition) is 4. The van der Waals surface area contributed by atoms with E-state index in [4.69, 9.17) is 9.84 Å². The maximum absolute atomic E-state index is 13.6. The van der Waals surface area contributed by atoms with E-state index in [1.165, 1.54) is 0 Å². The van der Waals surface area contributed by atoms with E-state index in [9.17, 15) is 9.59 Å². The number of rotatable bonds is 5. The summed E-state index contributed by atoms with van der Waals surface area (Å²) in [6, 6.07) is 21.4. The van der Waals surface area contributed by atoms with Gasteiger partial charge in [-0.05, 0) is 50.6 Å². The molecule has 0 saturated carbocycles. The summed E-state index contributed by atoms with van der Waals surface area (Å²) in [4.78, 5) is 27.4. The van der Waals surface area contributed by atoms with Gasteiger partial charge >= 0.3 is 12.0 Å². The third kappa shape index (κ3) is 4.26. The Morgan fingerprint density at radius 1 is 1.06 bits per heavy atom. The Labute approximate surface area is 210 Å². The minimum absolute atomic E-state index is 0.195. The topological polar surface area (TPSA) is 81.4 Å². The molecule has 0 fully saturated rings. The fraction of sp³-hybridized carbons (Fsp3) is 0.250. The molecule has 1 N–H and O–H groups in total. The Morgan fingerprint density at radius 3 is 2.61 bits per heavy atom. The number of esters is 1. The second-order valence-electron chi connectivity index (χ2n) is 8.85. The van der Waals surface area contributed by atoms with Gasteiger partial charge in [-0.15, -0.1) is 0 Å². The molecule has 1 aliphatic heterocycles. The molecule has 2 aromatic carbocycles. The highest BCUT2D eigenvalue weighted by Gasteiger charge is 2.36. The van der Waals surface area contributed by atoms with Gasteiger partial charge in [-0.2, -0.15) is 5.10 Å². The molecule has 8 nitrogen and oxygen atoms in total. The van der Waals surface area contributed by atoms with E-state index in [0.29, 0.717) is 6.54 Å². The second-order valence-corrected chi connectivity index (χ2v) is 8.85. The molecule has 3 heterocycles. The first-order chi connectivity index (χ1) is 17.5. The third-order valence-corrected chi connectivity index (χ3v) is 6.39. The highest BCUT2D eigenvalue weighted by Crippen LogP contribution is 2.38. The first-order valence-corrected chi connectivity index (χ1v) is 12.1. The number of aromatic nitrogens is 3. The highest BCUT2D eigenvalue weighted by atomic mass is 16.5. The van der Waals surface area contributed by atoms with Crippen LogP contribution >= 0.6 is 0 Å². The van der Waals surface area contributed by atoms with Gasteiger partial charge in [-0.25, -0.2) is 9.48 Å². The van der Waals surface area contributed by atoms with Crippen molar-refractivity contribution in [2.45, 2.75) is 33.4 Å². The van der Waals surface area contributed by atoms with Crippen LogP contribution in [0.1, 0.15) is 41.0 Å². The van der Waals surface area contributed by atoms with Crippen LogP contribution in [0.5, 0.6) is 0 Å². The van der Waals surface area contributed by atoms with E-state index >= 15 is 0 Å². The number of fused-ring (bicyclic) bond motifs is 3. The number of carbonyl (C=O) groups is 2. The number of para-hydroxylation sites is 1. The van der Waals surface area contributed by atoms with Crippen molar-refractivity contribution in [3.8, 4) is 11.5 Å². The van der Waals surface area contributed by atoms with Crippen molar-refractivity contribution >= 4 is 12.0 Å². The van der Waals surface area contributed by atoms with E-state index in [1.54, 1.807) is 11.8 Å². The normalized spacial score (nSPS) is 14.5. The van der Waals surface area contributed by atoms with E-state index in [1.807, 2.05) is 85.4 Å². The van der Waals surface area contributed by atoms with Crippen molar-refractivity contribution in [2.24, 2.45) is 0 Å². The fourth-order valence-electron chi connectivity index (χ4n) is 4.80. The summed E-state index contributed by atoms with van der Waals surface area (Å²) >= 11 is 0. The van der Waals surface area contributed by atoms with Gasteiger partial charge in [0.05, 0.1) is 36.3 Å². The standard InChI is InChI=1S/C28H29N5O3/c1-4-36-25(34)17-29-28(35)32-18-23-20(3)30-33(22-12-6-5-7-13-22)27(23)31-15-9-14-24(31)26(32)21-11-8-10-19(2)16-21/h5-16,26H,4,17-18H2,1-3H3,(H,29,35). The molecule has 1 aliphatic rings. The van der Waals surface area contributed by atoms with Gasteiger partial charge in [0.2, 0.25) is 0 Å². The lowest BCUT2D eigenvalue weighted by Crippen LogP contribution is -2.44. The Kier molecular flexibility index (Phi) is 6.33. The zero-order chi connectivity index (χ0) is 25.2. The highest BCUT2D eigenvalue weighted by molar-refractivity contribution is 5.81. The molecular weight excluding hydrogens is 454 g/mol. The van der Waals surface area contributed by atoms with Crippen LogP contribution in [-0.2, 0) is 16.1 Å². The molecule has 8 heteroatoms. The number of aryl methyl sites for hydroxylation is 2. The molecule has 0 radical (unpaired) electrons. The molecule has 5 rings (SSSR count). The maximum Gasteiger partial charge on any atom is 0.325 e. The molecule has 0 aliphatic carbocycles. The lowest BCUT2D eigenvalue weighted by molar-refractivity contribution is -0.141. The molecule has 36 heavy (non-hydrogen) atoms. The second kappa shape index (κ2) is 9.73. The maximum atomic E-state index is 13.6. The van der Waals surface area contributed by atoms with Crippen molar-refractivity contribution in [1.82, 2.24) is 24.6 Å². The fourth-order valence-corrected chi connectivity index (χ4v) is 4.80. The lowest BCUT2D eigenvalue weighted by atomic mass is 10.00. The number of ether oxygens (including phenoxy) is 1. The van der Waals surface area contributed by atoms with Crippen molar-refractivity contribution in [2.75, 3.05) is 13.2 Å². The molecule has 2 amide bonds. The Hall–Kier alpha value is -4.33. The average molecular weight is 484 g/mol. The van der Waals surface area contributed by atoms with E-state index in [2.05, 4.69) is 16.0 Å². The molecule has 184 valence electrons. The van der Waals surface area contributed by atoms with Gasteiger partial charge in [-0.3, -0.25) is 4.79 Å². The zero-order valence-corrected chi connectivity index (χ0v) is 20.6. The molecule has 0 spiro atoms. The summed E-state index contributed by atoms with van der Waals surface area (Å²) in [5.74, 6) is 0.432. The zero-order valence-electron chi connectivity index (χ0n) is 20.6. The van der Waals surface area contributed by atoms with Gasteiger partial charge in [0.15, 0.2) is 0 Å². The summed E-state index contributed by atoms with van der Waals surface area (Å²) in [6.45, 7) is 6.13. The Bertz CT molecular complexity index is 1410. The largest absolute Gasteiger partial charge is 0.465 e. The number of urea groups is 1. The van der Waals surface area contributed by atoms with Crippen molar-refractivity contribution in [1.29, 1.82) is 0 Å². The summed E-state index contributed by atoms with van der Waals surface area (Å²) in [5, 5.41) is 7.62. The summed E-state index contributed by atoms with van der Waals surface area (Å²) in [5.41, 5.74) is 5.74. The van der Waals surface area contributed by atoms with Gasteiger partial charge in [0.25, 0.3) is 0 Å². The SMILES string of the molecule is CCOC(=O)CNC(=O)N1Cc2c(C)nn(-c3ccccc3)c2-n2cccc2C1c1cccc(C)c1. The van der Waals surface area contributed by atoms with E-state index in [-0.39, 0.29) is 25.2 Å². The molecule has 0 saturated heterocycles. The smallest absolute Gasteiger partial charge is 0.325 e. The van der Waals surface area contributed by atoms with Crippen molar-refractivity contribution in [3.63, 3.8) is 0 Å². The number of amides is 2. The number of benzene rings is 2. The first kappa shape index (κ1) is 23.4. The van der Waals surface area contributed by atoms with Crippen LogP contribution < -0.4 is 5.32 Å². The number of nitrogens with one attached hydrogen (secondary N) is 1. The number of nitrogens with zero attached hydrogens (tertiary/aromatic N) is 4. The van der Waals surface area contributed by atoms with Crippen LogP contribution in [-0.4, -0.2) is 44.4 Å². The number of carbonyl (C=O) groups excluding carboxylic acids is 2. The minimum atomic E-state index is -0.468.